The van der Waals surface area contributed by atoms with Crippen LogP contribution in [0.15, 0.2) is 48.5 Å². The summed E-state index contributed by atoms with van der Waals surface area (Å²) in [5, 5.41) is 0. The molecule has 182 valence electrons. The fraction of sp³-hybridized carbons (Fsp3) is 0.357. The number of aryl methyl sites for hydroxylation is 4. The zero-order chi connectivity index (χ0) is 24.5. The summed E-state index contributed by atoms with van der Waals surface area (Å²) in [6, 6.07) is 16.0. The van der Waals surface area contributed by atoms with E-state index in [9.17, 15) is 0 Å². The average Bonchev–Trinajstić information content (AvgIpc) is 2.90. The Kier molecular flexibility index (Phi) is 8.91. The van der Waals surface area contributed by atoms with Crippen LogP contribution >= 0.6 is 0 Å². The largest absolute Gasteiger partial charge is 0.497 e. The molecule has 0 amide bonds. The van der Waals surface area contributed by atoms with Gasteiger partial charge in [-0.1, -0.05) is 12.1 Å². The van der Waals surface area contributed by atoms with Gasteiger partial charge < -0.3 is 28.4 Å². The first-order chi connectivity index (χ1) is 16.6. The number of hydrogen-bond acceptors (Lipinski definition) is 6. The maximum Gasteiger partial charge on any atom is 0.125 e. The molecule has 0 saturated heterocycles. The number of rotatable bonds is 12. The maximum absolute atomic E-state index is 5.68. The summed E-state index contributed by atoms with van der Waals surface area (Å²) in [6.45, 7) is 0. The van der Waals surface area contributed by atoms with Gasteiger partial charge in [-0.15, -0.1) is 0 Å². The maximum atomic E-state index is 5.68. The summed E-state index contributed by atoms with van der Waals surface area (Å²) in [4.78, 5) is 0. The molecule has 0 aliphatic carbocycles. The van der Waals surface area contributed by atoms with Crippen LogP contribution in [0.4, 0.5) is 0 Å². The second-order valence-electron chi connectivity index (χ2n) is 7.83. The molecule has 0 aliphatic rings. The summed E-state index contributed by atoms with van der Waals surface area (Å²) in [7, 11) is 10.0. The van der Waals surface area contributed by atoms with Crippen molar-refractivity contribution >= 4 is 0 Å². The summed E-state index contributed by atoms with van der Waals surface area (Å²) in [5.74, 6) is 4.82. The van der Waals surface area contributed by atoms with Gasteiger partial charge in [0.15, 0.2) is 0 Å². The molecule has 0 fully saturated rings. The lowest BCUT2D eigenvalue weighted by atomic mass is 9.97. The lowest BCUT2D eigenvalue weighted by molar-refractivity contribution is 0.385. The average molecular weight is 467 g/mol. The van der Waals surface area contributed by atoms with Crippen LogP contribution in [0.3, 0.4) is 0 Å². The predicted octanol–water partition coefficient (Wildman–Crippen LogP) is 5.31. The fourth-order valence-electron chi connectivity index (χ4n) is 4.08. The highest BCUT2D eigenvalue weighted by Gasteiger charge is 2.14. The van der Waals surface area contributed by atoms with E-state index in [0.29, 0.717) is 0 Å². The van der Waals surface area contributed by atoms with Crippen molar-refractivity contribution in [3.05, 3.63) is 70.8 Å². The van der Waals surface area contributed by atoms with Gasteiger partial charge in [0.25, 0.3) is 0 Å². The zero-order valence-electron chi connectivity index (χ0n) is 20.9. The lowest BCUT2D eigenvalue weighted by Crippen LogP contribution is -2.03. The van der Waals surface area contributed by atoms with Gasteiger partial charge in [-0.05, 0) is 66.1 Å². The van der Waals surface area contributed by atoms with Crippen LogP contribution in [-0.2, 0) is 25.7 Å². The molecule has 0 aliphatic heterocycles. The minimum Gasteiger partial charge on any atom is -0.497 e. The number of methoxy groups -OCH3 is 6. The van der Waals surface area contributed by atoms with E-state index in [2.05, 4.69) is 6.07 Å². The van der Waals surface area contributed by atoms with Crippen LogP contribution in [0, 0.1) is 0 Å². The lowest BCUT2D eigenvalue weighted by Gasteiger charge is -2.17. The van der Waals surface area contributed by atoms with Crippen LogP contribution in [0.1, 0.15) is 22.3 Å². The molecule has 0 aromatic heterocycles. The van der Waals surface area contributed by atoms with E-state index in [4.69, 9.17) is 28.4 Å². The summed E-state index contributed by atoms with van der Waals surface area (Å²) in [6.07, 6.45) is 3.21. The highest BCUT2D eigenvalue weighted by Crippen LogP contribution is 2.33. The van der Waals surface area contributed by atoms with E-state index in [1.54, 1.807) is 42.7 Å². The summed E-state index contributed by atoms with van der Waals surface area (Å²) >= 11 is 0. The Morgan fingerprint density at radius 1 is 0.382 bits per heavy atom. The molecule has 0 bridgehead atoms. The van der Waals surface area contributed by atoms with Crippen molar-refractivity contribution < 1.29 is 28.4 Å². The van der Waals surface area contributed by atoms with Crippen LogP contribution in [-0.4, -0.2) is 42.7 Å². The zero-order valence-corrected chi connectivity index (χ0v) is 20.9. The monoisotopic (exact) mass is 466 g/mol. The summed E-state index contributed by atoms with van der Waals surface area (Å²) in [5.41, 5.74) is 4.48. The van der Waals surface area contributed by atoms with Crippen LogP contribution in [0.5, 0.6) is 34.5 Å². The smallest absolute Gasteiger partial charge is 0.125 e. The topological polar surface area (TPSA) is 55.4 Å². The minimum atomic E-state index is 0.777. The molecule has 0 spiro atoms. The van der Waals surface area contributed by atoms with Crippen molar-refractivity contribution in [2.45, 2.75) is 25.7 Å². The Balaban J connectivity index is 1.83. The third kappa shape index (κ3) is 5.87. The van der Waals surface area contributed by atoms with Gasteiger partial charge >= 0.3 is 0 Å². The number of benzene rings is 3. The molecule has 6 nitrogen and oxygen atoms in total. The Hall–Kier alpha value is -3.54. The third-order valence-electron chi connectivity index (χ3n) is 6.00. The van der Waals surface area contributed by atoms with Crippen molar-refractivity contribution in [1.82, 2.24) is 0 Å². The third-order valence-corrected chi connectivity index (χ3v) is 6.00. The Labute approximate surface area is 202 Å². The number of hydrogen-bond donors (Lipinski definition) is 0. The molecular formula is C28H34O6. The highest BCUT2D eigenvalue weighted by molar-refractivity contribution is 5.49. The highest BCUT2D eigenvalue weighted by atomic mass is 16.5. The van der Waals surface area contributed by atoms with Crippen molar-refractivity contribution in [1.29, 1.82) is 0 Å². The van der Waals surface area contributed by atoms with E-state index in [1.165, 1.54) is 0 Å². The minimum absolute atomic E-state index is 0.777. The van der Waals surface area contributed by atoms with E-state index < -0.39 is 0 Å². The molecule has 0 radical (unpaired) electrons. The molecule has 0 N–H and O–H groups in total. The molecule has 0 saturated carbocycles. The molecule has 34 heavy (non-hydrogen) atoms. The Bertz CT molecular complexity index is 1010. The van der Waals surface area contributed by atoms with Gasteiger partial charge in [0.05, 0.1) is 42.7 Å². The second kappa shape index (κ2) is 12.1. The number of ether oxygens (including phenoxy) is 6. The predicted molar refractivity (Wildman–Crippen MR) is 133 cm³/mol. The van der Waals surface area contributed by atoms with Crippen LogP contribution in [0.25, 0.3) is 0 Å². The van der Waals surface area contributed by atoms with Gasteiger partial charge in [0.2, 0.25) is 0 Å². The van der Waals surface area contributed by atoms with E-state index >= 15 is 0 Å². The SMILES string of the molecule is COc1ccc(CCc2cc(CCc3ccc(OC)cc3OC)c(OC)cc2OC)c(OC)c1. The standard InChI is InChI=1S/C28H34O6/c1-29-23-13-11-19(25(16-23)31-3)7-9-21-15-22(28(34-6)18-27(21)33-5)10-8-20-12-14-24(30-2)17-26(20)32-4/h11-18H,7-10H2,1-6H3. The Morgan fingerprint density at radius 2 is 0.735 bits per heavy atom. The molecule has 3 aromatic rings. The van der Waals surface area contributed by atoms with Gasteiger partial charge in [0, 0.05) is 18.2 Å². The first-order valence-electron chi connectivity index (χ1n) is 11.2. The van der Waals surface area contributed by atoms with Crippen molar-refractivity contribution in [2.24, 2.45) is 0 Å². The van der Waals surface area contributed by atoms with E-state index in [-0.39, 0.29) is 0 Å². The molecule has 0 heterocycles. The van der Waals surface area contributed by atoms with Gasteiger partial charge in [0.1, 0.15) is 34.5 Å². The van der Waals surface area contributed by atoms with Crippen molar-refractivity contribution in [2.75, 3.05) is 42.7 Å². The molecule has 3 rings (SSSR count). The molecule has 0 unspecified atom stereocenters. The van der Waals surface area contributed by atoms with Crippen LogP contribution in [0.2, 0.25) is 0 Å². The van der Waals surface area contributed by atoms with Crippen molar-refractivity contribution in [3.8, 4) is 34.5 Å². The van der Waals surface area contributed by atoms with E-state index in [0.717, 1.165) is 82.4 Å². The van der Waals surface area contributed by atoms with Gasteiger partial charge in [-0.3, -0.25) is 0 Å². The summed E-state index contributed by atoms with van der Waals surface area (Å²) < 4.78 is 33.1. The van der Waals surface area contributed by atoms with Crippen molar-refractivity contribution in [3.63, 3.8) is 0 Å². The first-order valence-corrected chi connectivity index (χ1v) is 11.2. The molecular weight excluding hydrogens is 432 g/mol. The second-order valence-corrected chi connectivity index (χ2v) is 7.83. The normalized spacial score (nSPS) is 10.5. The van der Waals surface area contributed by atoms with E-state index in [1.807, 2.05) is 42.5 Å². The quantitative estimate of drug-likeness (QED) is 0.361. The van der Waals surface area contributed by atoms with Gasteiger partial charge in [-0.2, -0.15) is 0 Å². The Morgan fingerprint density at radius 3 is 1.09 bits per heavy atom. The van der Waals surface area contributed by atoms with Crippen LogP contribution < -0.4 is 28.4 Å². The van der Waals surface area contributed by atoms with Gasteiger partial charge in [-0.25, -0.2) is 0 Å². The molecule has 0 atom stereocenters. The molecule has 3 aromatic carbocycles. The first kappa shape index (κ1) is 25.1. The fourth-order valence-corrected chi connectivity index (χ4v) is 4.08. The molecule has 6 heteroatoms.